The van der Waals surface area contributed by atoms with Crippen LogP contribution in [0.15, 0.2) is 71.9 Å². The number of benzene rings is 3. The number of aromatic nitrogens is 2. The van der Waals surface area contributed by atoms with Crippen LogP contribution < -0.4 is 5.32 Å². The number of H-pyrrole nitrogens is 1. The molecular weight excluding hydrogens is 410 g/mol. The molecule has 0 bridgehead atoms. The van der Waals surface area contributed by atoms with Gasteiger partial charge in [0.1, 0.15) is 17.3 Å². The molecule has 29 heavy (non-hydrogen) atoms. The second kappa shape index (κ2) is 7.03. The second-order valence-electron chi connectivity index (χ2n) is 6.57. The van der Waals surface area contributed by atoms with Crippen LogP contribution in [0.5, 0.6) is 0 Å². The van der Waals surface area contributed by atoms with Crippen molar-refractivity contribution in [2.45, 2.75) is 0 Å². The second-order valence-corrected chi connectivity index (χ2v) is 7.38. The number of aliphatic imine (C=N–C) groups is 1. The topological polar surface area (TPSA) is 53.1 Å². The van der Waals surface area contributed by atoms with E-state index in [2.05, 4.69) is 15.5 Å². The van der Waals surface area contributed by atoms with E-state index in [0.717, 1.165) is 28.1 Å². The van der Waals surface area contributed by atoms with Gasteiger partial charge in [-0.2, -0.15) is 5.10 Å². The smallest absolute Gasteiger partial charge is 0.141 e. The molecule has 1 aliphatic rings. The molecule has 0 radical (unpaired) electrons. The highest BCUT2D eigenvalue weighted by Gasteiger charge is 2.22. The minimum atomic E-state index is -0.275. The molecule has 0 aliphatic carbocycles. The van der Waals surface area contributed by atoms with E-state index in [1.54, 1.807) is 36.5 Å². The Kier molecular flexibility index (Phi) is 4.34. The molecule has 7 heteroatoms. The molecule has 0 unspecified atom stereocenters. The van der Waals surface area contributed by atoms with Gasteiger partial charge in [0.05, 0.1) is 27.0 Å². The molecule has 0 amide bonds. The first-order valence-electron chi connectivity index (χ1n) is 8.84. The number of nitrogens with one attached hydrogen (secondary N) is 2. The fourth-order valence-electron chi connectivity index (χ4n) is 3.36. The van der Waals surface area contributed by atoms with E-state index in [1.165, 1.54) is 12.1 Å². The van der Waals surface area contributed by atoms with Crippen molar-refractivity contribution in [2.24, 2.45) is 4.99 Å². The van der Waals surface area contributed by atoms with E-state index in [0.29, 0.717) is 27.1 Å². The quantitative estimate of drug-likeness (QED) is 0.377. The van der Waals surface area contributed by atoms with Crippen molar-refractivity contribution in [3.63, 3.8) is 0 Å². The summed E-state index contributed by atoms with van der Waals surface area (Å²) in [4.78, 5) is 4.83. The largest absolute Gasteiger partial charge is 0.337 e. The number of rotatable bonds is 2. The molecule has 1 aliphatic heterocycles. The lowest BCUT2D eigenvalue weighted by atomic mass is 10.0. The molecule has 3 aromatic carbocycles. The average Bonchev–Trinajstić information content (AvgIpc) is 3.10. The molecule has 0 spiro atoms. The molecule has 0 saturated carbocycles. The summed E-state index contributed by atoms with van der Waals surface area (Å²) in [6, 6.07) is 17.5. The standard InChI is InChI=1S/C22H13Cl2FN4/c23-16-2-1-3-17(24)20(16)22-27-18-10-13(12-4-7-14(25)8-5-12)6-9-15(18)21-19(28-22)11-26-29-21/h1-11H,(H,26,29)(H,27,28). The predicted molar refractivity (Wildman–Crippen MR) is 116 cm³/mol. The monoisotopic (exact) mass is 422 g/mol. The van der Waals surface area contributed by atoms with Crippen LogP contribution in [-0.2, 0) is 0 Å². The predicted octanol–water partition coefficient (Wildman–Crippen LogP) is 6.69. The molecule has 2 heterocycles. The van der Waals surface area contributed by atoms with Gasteiger partial charge in [0.25, 0.3) is 0 Å². The highest BCUT2D eigenvalue weighted by Crippen LogP contribution is 2.40. The SMILES string of the molecule is Fc1ccc(-c2ccc3c(c2)N=C(c2c(Cl)cccc2Cl)Nc2c[nH]nc2-3)cc1. The van der Waals surface area contributed by atoms with Crippen LogP contribution in [0.4, 0.5) is 15.8 Å². The summed E-state index contributed by atoms with van der Waals surface area (Å²) < 4.78 is 13.3. The van der Waals surface area contributed by atoms with Crippen molar-refractivity contribution >= 4 is 40.4 Å². The molecule has 4 nitrogen and oxygen atoms in total. The number of fused-ring (bicyclic) bond motifs is 3. The lowest BCUT2D eigenvalue weighted by Gasteiger charge is -2.11. The van der Waals surface area contributed by atoms with Gasteiger partial charge in [0, 0.05) is 11.8 Å². The number of hydrogen-bond donors (Lipinski definition) is 2. The summed E-state index contributed by atoms with van der Waals surface area (Å²) >= 11 is 12.8. The van der Waals surface area contributed by atoms with Gasteiger partial charge in [0.15, 0.2) is 0 Å². The first-order valence-corrected chi connectivity index (χ1v) is 9.60. The van der Waals surface area contributed by atoms with Crippen molar-refractivity contribution < 1.29 is 4.39 Å². The Morgan fingerprint density at radius 1 is 0.862 bits per heavy atom. The average molecular weight is 423 g/mol. The highest BCUT2D eigenvalue weighted by atomic mass is 35.5. The van der Waals surface area contributed by atoms with E-state index in [1.807, 2.05) is 18.2 Å². The van der Waals surface area contributed by atoms with Crippen molar-refractivity contribution in [3.8, 4) is 22.4 Å². The van der Waals surface area contributed by atoms with Crippen molar-refractivity contribution in [2.75, 3.05) is 5.32 Å². The van der Waals surface area contributed by atoms with Crippen LogP contribution in [0.2, 0.25) is 10.0 Å². The Morgan fingerprint density at radius 2 is 1.59 bits per heavy atom. The highest BCUT2D eigenvalue weighted by molar-refractivity contribution is 6.41. The zero-order chi connectivity index (χ0) is 20.0. The van der Waals surface area contributed by atoms with E-state index in [9.17, 15) is 4.39 Å². The van der Waals surface area contributed by atoms with Gasteiger partial charge < -0.3 is 5.32 Å². The zero-order valence-corrected chi connectivity index (χ0v) is 16.4. The van der Waals surface area contributed by atoms with E-state index < -0.39 is 0 Å². The van der Waals surface area contributed by atoms with Gasteiger partial charge in [0.2, 0.25) is 0 Å². The third-order valence-electron chi connectivity index (χ3n) is 4.76. The van der Waals surface area contributed by atoms with Crippen LogP contribution in [-0.4, -0.2) is 16.0 Å². The summed E-state index contributed by atoms with van der Waals surface area (Å²) in [7, 11) is 0. The number of nitrogens with zero attached hydrogens (tertiary/aromatic N) is 2. The third kappa shape index (κ3) is 3.18. The van der Waals surface area contributed by atoms with Gasteiger partial charge in [-0.1, -0.05) is 47.5 Å². The van der Waals surface area contributed by atoms with Gasteiger partial charge in [-0.15, -0.1) is 0 Å². The summed E-state index contributed by atoms with van der Waals surface area (Å²) in [5.74, 6) is 0.251. The van der Waals surface area contributed by atoms with Crippen LogP contribution >= 0.6 is 23.2 Å². The molecule has 5 rings (SSSR count). The number of anilines is 1. The van der Waals surface area contributed by atoms with Gasteiger partial charge in [-0.25, -0.2) is 9.38 Å². The van der Waals surface area contributed by atoms with Crippen molar-refractivity contribution in [1.29, 1.82) is 0 Å². The Balaban J connectivity index is 1.72. The summed E-state index contributed by atoms with van der Waals surface area (Å²) in [5, 5.41) is 11.5. The minimum Gasteiger partial charge on any atom is -0.337 e. The molecule has 2 N–H and O–H groups in total. The maximum absolute atomic E-state index is 13.3. The van der Waals surface area contributed by atoms with Crippen molar-refractivity contribution in [1.82, 2.24) is 10.2 Å². The number of hydrogen-bond acceptors (Lipinski definition) is 3. The fourth-order valence-corrected chi connectivity index (χ4v) is 3.93. The maximum Gasteiger partial charge on any atom is 0.141 e. The summed E-state index contributed by atoms with van der Waals surface area (Å²) in [5.41, 5.74) is 5.50. The van der Waals surface area contributed by atoms with Gasteiger partial charge in [-0.05, 0) is 47.5 Å². The molecular formula is C22H13Cl2FN4. The first kappa shape index (κ1) is 17.9. The molecule has 4 aromatic rings. The maximum atomic E-state index is 13.3. The summed E-state index contributed by atoms with van der Waals surface area (Å²) in [6.45, 7) is 0. The van der Waals surface area contributed by atoms with Crippen LogP contribution in [0.1, 0.15) is 5.56 Å². The summed E-state index contributed by atoms with van der Waals surface area (Å²) in [6.07, 6.45) is 1.76. The third-order valence-corrected chi connectivity index (χ3v) is 5.39. The Morgan fingerprint density at radius 3 is 2.34 bits per heavy atom. The normalized spacial score (nSPS) is 12.4. The van der Waals surface area contributed by atoms with E-state index in [-0.39, 0.29) is 5.82 Å². The zero-order valence-electron chi connectivity index (χ0n) is 14.9. The lowest BCUT2D eigenvalue weighted by molar-refractivity contribution is 0.628. The molecule has 0 fully saturated rings. The van der Waals surface area contributed by atoms with E-state index in [4.69, 9.17) is 28.2 Å². The lowest BCUT2D eigenvalue weighted by Crippen LogP contribution is -2.13. The Bertz CT molecular complexity index is 1240. The fraction of sp³-hybridized carbons (Fsp3) is 0. The van der Waals surface area contributed by atoms with Crippen LogP contribution in [0, 0.1) is 5.82 Å². The number of halogens is 3. The van der Waals surface area contributed by atoms with Crippen LogP contribution in [0.3, 0.4) is 0 Å². The van der Waals surface area contributed by atoms with Crippen LogP contribution in [0.25, 0.3) is 22.4 Å². The van der Waals surface area contributed by atoms with Gasteiger partial charge in [-0.3, -0.25) is 5.10 Å². The Hall–Kier alpha value is -3.15. The first-order chi connectivity index (χ1) is 14.1. The minimum absolute atomic E-state index is 0.275. The number of aromatic amines is 1. The molecule has 1 aromatic heterocycles. The molecule has 0 saturated heterocycles. The van der Waals surface area contributed by atoms with E-state index >= 15 is 0 Å². The van der Waals surface area contributed by atoms with Gasteiger partial charge >= 0.3 is 0 Å². The molecule has 0 atom stereocenters. The van der Waals surface area contributed by atoms with Crippen molar-refractivity contribution in [3.05, 3.63) is 88.3 Å². The number of amidine groups is 1. The Labute approximate surface area is 176 Å². The molecule has 142 valence electrons.